The Labute approximate surface area is 124 Å². The van der Waals surface area contributed by atoms with Crippen molar-refractivity contribution in [1.82, 2.24) is 10.3 Å². The lowest BCUT2D eigenvalue weighted by Gasteiger charge is -2.34. The number of ether oxygens (including phenoxy) is 1. The van der Waals surface area contributed by atoms with Gasteiger partial charge in [-0.1, -0.05) is 0 Å². The van der Waals surface area contributed by atoms with Crippen molar-refractivity contribution in [3.8, 4) is 0 Å². The Bertz CT molecular complexity index is 482. The van der Waals surface area contributed by atoms with Gasteiger partial charge >= 0.3 is 5.97 Å². The van der Waals surface area contributed by atoms with Crippen molar-refractivity contribution in [3.63, 3.8) is 0 Å². The summed E-state index contributed by atoms with van der Waals surface area (Å²) in [7, 11) is 0. The zero-order valence-electron chi connectivity index (χ0n) is 12.5. The maximum Gasteiger partial charge on any atom is 0.360 e. The fraction of sp³-hybridized carbons (Fsp3) is 0.733. The smallest absolute Gasteiger partial charge is 0.360 e. The third-order valence-electron chi connectivity index (χ3n) is 4.37. The Morgan fingerprint density at radius 1 is 1.52 bits per heavy atom. The summed E-state index contributed by atoms with van der Waals surface area (Å²) in [6.07, 6.45) is 6.32. The van der Waals surface area contributed by atoms with Crippen LogP contribution in [0.5, 0.6) is 0 Å². The third kappa shape index (κ3) is 3.20. The minimum Gasteiger partial charge on any atom is -0.461 e. The molecule has 6 heteroatoms. The van der Waals surface area contributed by atoms with E-state index in [9.17, 15) is 4.79 Å². The molecule has 2 aliphatic rings. The molecule has 0 aliphatic carbocycles. The molecule has 2 fully saturated rings. The molecule has 2 atom stereocenters. The first-order valence-corrected chi connectivity index (χ1v) is 7.89. The lowest BCUT2D eigenvalue weighted by Crippen LogP contribution is -2.43. The molecule has 6 nitrogen and oxygen atoms in total. The molecule has 0 aromatic carbocycles. The fourth-order valence-electron chi connectivity index (χ4n) is 3.33. The van der Waals surface area contributed by atoms with E-state index >= 15 is 0 Å². The van der Waals surface area contributed by atoms with Crippen LogP contribution in [0.4, 0.5) is 6.01 Å². The molecule has 3 heterocycles. The molecule has 2 unspecified atom stereocenters. The summed E-state index contributed by atoms with van der Waals surface area (Å²) >= 11 is 0. The van der Waals surface area contributed by atoms with Crippen molar-refractivity contribution < 1.29 is 13.9 Å². The number of piperidine rings is 1. The highest BCUT2D eigenvalue weighted by molar-refractivity contribution is 5.87. The van der Waals surface area contributed by atoms with E-state index in [0.29, 0.717) is 24.6 Å². The number of nitrogens with one attached hydrogen (secondary N) is 1. The molecule has 0 radical (unpaired) electrons. The van der Waals surface area contributed by atoms with E-state index in [1.54, 1.807) is 6.92 Å². The number of carbonyl (C=O) groups is 1. The van der Waals surface area contributed by atoms with Crippen LogP contribution >= 0.6 is 0 Å². The summed E-state index contributed by atoms with van der Waals surface area (Å²) in [5, 5.41) is 3.59. The van der Waals surface area contributed by atoms with Gasteiger partial charge in [0.1, 0.15) is 6.26 Å². The molecule has 2 aliphatic heterocycles. The number of carbonyl (C=O) groups excluding carboxylic acids is 1. The van der Waals surface area contributed by atoms with Crippen LogP contribution in [0.15, 0.2) is 10.7 Å². The summed E-state index contributed by atoms with van der Waals surface area (Å²) in [5.41, 5.74) is 0.257. The standard InChI is InChI=1S/C15H23N3O3/c1-2-20-14(19)13-10-21-15(17-13)18-8-4-5-11(9-18)12-6-3-7-16-12/h10-12,16H,2-9H2,1H3. The van der Waals surface area contributed by atoms with Crippen molar-refractivity contribution in [2.75, 3.05) is 31.1 Å². The van der Waals surface area contributed by atoms with Gasteiger partial charge in [0, 0.05) is 19.1 Å². The lowest BCUT2D eigenvalue weighted by molar-refractivity contribution is 0.0519. The lowest BCUT2D eigenvalue weighted by atomic mass is 9.90. The van der Waals surface area contributed by atoms with Gasteiger partial charge in [0.2, 0.25) is 0 Å². The zero-order valence-corrected chi connectivity index (χ0v) is 12.5. The van der Waals surface area contributed by atoms with Crippen molar-refractivity contribution in [1.29, 1.82) is 0 Å². The Morgan fingerprint density at radius 3 is 3.19 bits per heavy atom. The predicted molar refractivity (Wildman–Crippen MR) is 78.4 cm³/mol. The number of esters is 1. The minimum absolute atomic E-state index is 0.257. The highest BCUT2D eigenvalue weighted by Gasteiger charge is 2.31. The maximum absolute atomic E-state index is 11.6. The SMILES string of the molecule is CCOC(=O)c1coc(N2CCCC(C3CCCN3)C2)n1. The monoisotopic (exact) mass is 293 g/mol. The number of nitrogens with zero attached hydrogens (tertiary/aromatic N) is 2. The van der Waals surface area contributed by atoms with Crippen LogP contribution in [0, 0.1) is 5.92 Å². The first-order valence-electron chi connectivity index (χ1n) is 7.89. The Kier molecular flexibility index (Phi) is 4.43. The number of anilines is 1. The molecule has 2 saturated heterocycles. The van der Waals surface area contributed by atoms with Gasteiger partial charge in [-0.15, -0.1) is 0 Å². The third-order valence-corrected chi connectivity index (χ3v) is 4.37. The van der Waals surface area contributed by atoms with Gasteiger partial charge in [0.25, 0.3) is 6.01 Å². The molecule has 0 bridgehead atoms. The van der Waals surface area contributed by atoms with Gasteiger partial charge in [-0.2, -0.15) is 4.98 Å². The highest BCUT2D eigenvalue weighted by Crippen LogP contribution is 2.27. The van der Waals surface area contributed by atoms with E-state index < -0.39 is 5.97 Å². The Balaban J connectivity index is 1.64. The number of hydrogen-bond acceptors (Lipinski definition) is 6. The van der Waals surface area contributed by atoms with E-state index in [1.165, 1.54) is 25.5 Å². The molecule has 0 saturated carbocycles. The first kappa shape index (κ1) is 14.4. The number of hydrogen-bond donors (Lipinski definition) is 1. The summed E-state index contributed by atoms with van der Waals surface area (Å²) in [6, 6.07) is 1.16. The summed E-state index contributed by atoms with van der Waals surface area (Å²) < 4.78 is 10.4. The molecular weight excluding hydrogens is 270 g/mol. The summed E-state index contributed by atoms with van der Waals surface area (Å²) in [6.45, 7) is 5.14. The second-order valence-corrected chi connectivity index (χ2v) is 5.79. The van der Waals surface area contributed by atoms with E-state index in [2.05, 4.69) is 15.2 Å². The minimum atomic E-state index is -0.418. The van der Waals surface area contributed by atoms with E-state index in [1.807, 2.05) is 0 Å². The molecule has 1 N–H and O–H groups in total. The van der Waals surface area contributed by atoms with Crippen molar-refractivity contribution in [2.24, 2.45) is 5.92 Å². The Morgan fingerprint density at radius 2 is 2.43 bits per heavy atom. The van der Waals surface area contributed by atoms with Gasteiger partial charge in [-0.05, 0) is 45.1 Å². The van der Waals surface area contributed by atoms with Gasteiger partial charge in [-0.3, -0.25) is 0 Å². The van der Waals surface area contributed by atoms with Crippen LogP contribution in [-0.2, 0) is 4.74 Å². The molecule has 21 heavy (non-hydrogen) atoms. The average Bonchev–Trinajstić information content (AvgIpc) is 3.19. The summed E-state index contributed by atoms with van der Waals surface area (Å²) in [4.78, 5) is 18.1. The number of rotatable bonds is 4. The topological polar surface area (TPSA) is 67.6 Å². The van der Waals surface area contributed by atoms with Crippen LogP contribution in [-0.4, -0.2) is 43.2 Å². The molecule has 3 rings (SSSR count). The number of oxazole rings is 1. The van der Waals surface area contributed by atoms with Crippen molar-refractivity contribution in [2.45, 2.75) is 38.6 Å². The van der Waals surface area contributed by atoms with E-state index in [0.717, 1.165) is 26.1 Å². The van der Waals surface area contributed by atoms with Crippen molar-refractivity contribution in [3.05, 3.63) is 12.0 Å². The van der Waals surface area contributed by atoms with E-state index in [-0.39, 0.29) is 5.69 Å². The molecule has 1 aromatic rings. The summed E-state index contributed by atoms with van der Waals surface area (Å²) in [5.74, 6) is 0.220. The quantitative estimate of drug-likeness (QED) is 0.854. The molecule has 116 valence electrons. The van der Waals surface area contributed by atoms with Crippen LogP contribution in [0.25, 0.3) is 0 Å². The fourth-order valence-corrected chi connectivity index (χ4v) is 3.33. The Hall–Kier alpha value is -1.56. The van der Waals surface area contributed by atoms with Crippen LogP contribution in [0.2, 0.25) is 0 Å². The predicted octanol–water partition coefficient (Wildman–Crippen LogP) is 1.82. The maximum atomic E-state index is 11.6. The van der Waals surface area contributed by atoms with Crippen LogP contribution < -0.4 is 10.2 Å². The van der Waals surface area contributed by atoms with Crippen molar-refractivity contribution >= 4 is 12.0 Å². The van der Waals surface area contributed by atoms with Gasteiger partial charge < -0.3 is 19.4 Å². The van der Waals surface area contributed by atoms with Gasteiger partial charge in [-0.25, -0.2) is 4.79 Å². The number of aromatic nitrogens is 1. The normalized spacial score (nSPS) is 26.0. The largest absolute Gasteiger partial charge is 0.461 e. The van der Waals surface area contributed by atoms with E-state index in [4.69, 9.17) is 9.15 Å². The molecule has 0 amide bonds. The van der Waals surface area contributed by atoms with Gasteiger partial charge in [0.05, 0.1) is 6.61 Å². The van der Waals surface area contributed by atoms with Gasteiger partial charge in [0.15, 0.2) is 5.69 Å². The highest BCUT2D eigenvalue weighted by atomic mass is 16.5. The molecular formula is C15H23N3O3. The average molecular weight is 293 g/mol. The zero-order chi connectivity index (χ0) is 14.7. The first-order chi connectivity index (χ1) is 10.3. The van der Waals surface area contributed by atoms with Crippen LogP contribution in [0.3, 0.4) is 0 Å². The second kappa shape index (κ2) is 6.47. The molecule has 1 aromatic heterocycles. The molecule has 0 spiro atoms. The second-order valence-electron chi connectivity index (χ2n) is 5.79. The van der Waals surface area contributed by atoms with Crippen LogP contribution in [0.1, 0.15) is 43.1 Å².